The van der Waals surface area contributed by atoms with Gasteiger partial charge in [-0.05, 0) is 74.0 Å². The van der Waals surface area contributed by atoms with Crippen molar-refractivity contribution in [1.82, 2.24) is 15.0 Å². The van der Waals surface area contributed by atoms with Crippen LogP contribution in [-0.4, -0.2) is 15.0 Å². The lowest BCUT2D eigenvalue weighted by Crippen LogP contribution is -2.28. The van der Waals surface area contributed by atoms with Gasteiger partial charge in [0.15, 0.2) is 40.5 Å². The van der Waals surface area contributed by atoms with Gasteiger partial charge in [0.05, 0.1) is 11.0 Å². The number of benzene rings is 9. The van der Waals surface area contributed by atoms with Crippen molar-refractivity contribution < 1.29 is 9.47 Å². The smallest absolute Gasteiger partial charge is 0.181 e. The molecule has 0 bridgehead atoms. The summed E-state index contributed by atoms with van der Waals surface area (Å²) < 4.78 is 14.0. The zero-order valence-electron chi connectivity index (χ0n) is 32.9. The number of hydrogen-bond acceptors (Lipinski definition) is 5. The van der Waals surface area contributed by atoms with Crippen LogP contribution >= 0.6 is 0 Å². The highest BCUT2D eigenvalue weighted by Gasteiger charge is 2.48. The Balaban J connectivity index is 1.05. The zero-order valence-corrected chi connectivity index (χ0v) is 32.9. The molecular formula is C56H35N3O2. The molecule has 286 valence electrons. The van der Waals surface area contributed by atoms with Gasteiger partial charge in [0, 0.05) is 16.7 Å². The predicted molar refractivity (Wildman–Crippen MR) is 243 cm³/mol. The molecular weight excluding hydrogens is 747 g/mol. The van der Waals surface area contributed by atoms with Crippen molar-refractivity contribution >= 4 is 10.8 Å². The van der Waals surface area contributed by atoms with Gasteiger partial charge in [0.2, 0.25) is 0 Å². The molecule has 1 aliphatic heterocycles. The van der Waals surface area contributed by atoms with E-state index in [0.29, 0.717) is 46.0 Å². The summed E-state index contributed by atoms with van der Waals surface area (Å²) >= 11 is 0. The molecule has 0 saturated carbocycles. The molecule has 9 aromatic carbocycles. The van der Waals surface area contributed by atoms with E-state index in [9.17, 15) is 0 Å². The molecule has 10 aromatic rings. The first-order valence-corrected chi connectivity index (χ1v) is 20.5. The van der Waals surface area contributed by atoms with Crippen molar-refractivity contribution in [3.8, 4) is 79.4 Å². The summed E-state index contributed by atoms with van der Waals surface area (Å²) in [6.45, 7) is 0. The van der Waals surface area contributed by atoms with Crippen molar-refractivity contribution in [1.29, 1.82) is 0 Å². The maximum absolute atomic E-state index is 7.23. The Kier molecular flexibility index (Phi) is 8.00. The molecule has 1 aliphatic carbocycles. The Morgan fingerprint density at radius 3 is 1.54 bits per heavy atom. The molecule has 1 aromatic heterocycles. The monoisotopic (exact) mass is 781 g/mol. The van der Waals surface area contributed by atoms with Crippen molar-refractivity contribution in [2.75, 3.05) is 0 Å². The maximum atomic E-state index is 7.23. The fourth-order valence-corrected chi connectivity index (χ4v) is 9.46. The summed E-state index contributed by atoms with van der Waals surface area (Å²) in [5.74, 6) is 4.09. The molecule has 0 atom stereocenters. The molecule has 0 radical (unpaired) electrons. The summed E-state index contributed by atoms with van der Waals surface area (Å²) in [4.78, 5) is 15.6. The van der Waals surface area contributed by atoms with E-state index >= 15 is 0 Å². The minimum absolute atomic E-state index is 0.486. The van der Waals surface area contributed by atoms with Crippen LogP contribution in [0.3, 0.4) is 0 Å². The molecule has 0 saturated heterocycles. The summed E-state index contributed by atoms with van der Waals surface area (Å²) in [7, 11) is 0. The van der Waals surface area contributed by atoms with Gasteiger partial charge in [-0.2, -0.15) is 0 Å². The van der Waals surface area contributed by atoms with E-state index in [2.05, 4.69) is 158 Å². The van der Waals surface area contributed by atoms with Crippen molar-refractivity contribution in [2.45, 2.75) is 5.41 Å². The summed E-state index contributed by atoms with van der Waals surface area (Å²) in [6, 6.07) is 73.7. The molecule has 2 heterocycles. The average molecular weight is 782 g/mol. The van der Waals surface area contributed by atoms with E-state index in [4.69, 9.17) is 24.4 Å². The number of aromatic nitrogens is 3. The standard InChI is InChI=1S/C56H35N3O2/c1-5-18-36(19-6-1)40-32-33-43(42-27-14-13-26-41(40)42)54-57-53(37-20-7-2-8-21-37)58-55(59-54)45-29-17-31-48-51(45)61-52-49(60-48)35-34-47-50(52)44-28-15-16-30-46(44)56(47,38-22-9-3-10-23-38)39-24-11-4-12-25-39/h1-35H. The summed E-state index contributed by atoms with van der Waals surface area (Å²) in [6.07, 6.45) is 0. The minimum atomic E-state index is -0.584. The molecule has 61 heavy (non-hydrogen) atoms. The van der Waals surface area contributed by atoms with Gasteiger partial charge >= 0.3 is 0 Å². The Labute approximate surface area is 353 Å². The highest BCUT2D eigenvalue weighted by Crippen LogP contribution is 2.62. The highest BCUT2D eigenvalue weighted by molar-refractivity contribution is 6.04. The molecule has 5 heteroatoms. The first-order valence-electron chi connectivity index (χ1n) is 20.5. The second kappa shape index (κ2) is 14.0. The van der Waals surface area contributed by atoms with Crippen LogP contribution in [0.1, 0.15) is 22.3 Å². The number of para-hydroxylation sites is 1. The summed E-state index contributed by atoms with van der Waals surface area (Å²) in [5, 5.41) is 2.18. The minimum Gasteiger partial charge on any atom is -0.449 e. The van der Waals surface area contributed by atoms with E-state index in [0.717, 1.165) is 49.7 Å². The van der Waals surface area contributed by atoms with Crippen LogP contribution in [0.5, 0.6) is 23.0 Å². The van der Waals surface area contributed by atoms with Gasteiger partial charge in [-0.1, -0.05) is 188 Å². The van der Waals surface area contributed by atoms with E-state index in [-0.39, 0.29) is 0 Å². The molecule has 2 aliphatic rings. The zero-order chi connectivity index (χ0) is 40.3. The number of hydrogen-bond donors (Lipinski definition) is 0. The van der Waals surface area contributed by atoms with Gasteiger partial charge in [-0.3, -0.25) is 0 Å². The second-order valence-corrected chi connectivity index (χ2v) is 15.4. The van der Waals surface area contributed by atoms with Crippen molar-refractivity contribution in [2.24, 2.45) is 0 Å². The average Bonchev–Trinajstić information content (AvgIpc) is 3.65. The van der Waals surface area contributed by atoms with Gasteiger partial charge in [0.1, 0.15) is 0 Å². The molecule has 0 unspecified atom stereocenters. The maximum Gasteiger partial charge on any atom is 0.181 e. The lowest BCUT2D eigenvalue weighted by atomic mass is 9.68. The number of rotatable bonds is 6. The van der Waals surface area contributed by atoms with Gasteiger partial charge in [-0.25, -0.2) is 15.0 Å². The van der Waals surface area contributed by atoms with Gasteiger partial charge in [-0.15, -0.1) is 0 Å². The van der Waals surface area contributed by atoms with E-state index in [1.54, 1.807) is 0 Å². The van der Waals surface area contributed by atoms with Gasteiger partial charge < -0.3 is 9.47 Å². The molecule has 0 amide bonds. The highest BCUT2D eigenvalue weighted by atomic mass is 16.6. The lowest BCUT2D eigenvalue weighted by Gasteiger charge is -2.34. The summed E-state index contributed by atoms with van der Waals surface area (Å²) in [5.41, 5.74) is 11.0. The van der Waals surface area contributed by atoms with Crippen LogP contribution in [-0.2, 0) is 5.41 Å². The third-order valence-electron chi connectivity index (χ3n) is 12.1. The van der Waals surface area contributed by atoms with Crippen LogP contribution in [0.4, 0.5) is 0 Å². The number of ether oxygens (including phenoxy) is 2. The van der Waals surface area contributed by atoms with Crippen LogP contribution < -0.4 is 9.47 Å². The molecule has 5 nitrogen and oxygen atoms in total. The van der Waals surface area contributed by atoms with Crippen molar-refractivity contribution in [3.63, 3.8) is 0 Å². The van der Waals surface area contributed by atoms with E-state index in [1.165, 1.54) is 16.7 Å². The van der Waals surface area contributed by atoms with Crippen LogP contribution in [0.25, 0.3) is 67.2 Å². The molecule has 12 rings (SSSR count). The fraction of sp³-hybridized carbons (Fsp3) is 0.0179. The Bertz CT molecular complexity index is 3260. The molecule has 0 fully saturated rings. The first kappa shape index (κ1) is 34.9. The van der Waals surface area contributed by atoms with E-state index in [1.807, 2.05) is 54.6 Å². The number of fused-ring (bicyclic) bond motifs is 7. The largest absolute Gasteiger partial charge is 0.449 e. The van der Waals surface area contributed by atoms with Gasteiger partial charge in [0.25, 0.3) is 0 Å². The third kappa shape index (κ3) is 5.44. The predicted octanol–water partition coefficient (Wildman–Crippen LogP) is 14.0. The van der Waals surface area contributed by atoms with Crippen LogP contribution in [0.2, 0.25) is 0 Å². The Morgan fingerprint density at radius 2 is 0.836 bits per heavy atom. The normalized spacial score (nSPS) is 13.0. The first-order chi connectivity index (χ1) is 30.3. The third-order valence-corrected chi connectivity index (χ3v) is 12.1. The topological polar surface area (TPSA) is 57.1 Å². The quantitative estimate of drug-likeness (QED) is 0.168. The molecule has 0 N–H and O–H groups in total. The lowest BCUT2D eigenvalue weighted by molar-refractivity contribution is 0.361. The SMILES string of the molecule is c1ccc(-c2nc(-c3cccc4c3Oc3c(ccc5c3-c3ccccc3C5(c3ccccc3)c3ccccc3)O4)nc(-c3ccc(-c4ccccc4)c4ccccc34)n2)cc1. The fourth-order valence-electron chi connectivity index (χ4n) is 9.46. The molecule has 0 spiro atoms. The number of nitrogens with zero attached hydrogens (tertiary/aromatic N) is 3. The van der Waals surface area contributed by atoms with Crippen molar-refractivity contribution in [3.05, 3.63) is 235 Å². The van der Waals surface area contributed by atoms with Crippen LogP contribution in [0.15, 0.2) is 212 Å². The Morgan fingerprint density at radius 1 is 0.311 bits per heavy atom. The van der Waals surface area contributed by atoms with Crippen LogP contribution in [0, 0.1) is 0 Å². The Hall–Kier alpha value is -8.15. The second-order valence-electron chi connectivity index (χ2n) is 15.4. The van der Waals surface area contributed by atoms with E-state index < -0.39 is 5.41 Å².